The molecule has 0 radical (unpaired) electrons. The maximum atomic E-state index is 13.2. The van der Waals surface area contributed by atoms with Gasteiger partial charge in [0.15, 0.2) is 0 Å². The molecule has 2 N–H and O–H groups in total. The molecule has 4 rings (SSSR count). The molecule has 11 heteroatoms. The molecule has 0 saturated heterocycles. The molecule has 3 aromatic rings. The number of nitrogens with two attached hydrogens (primary N) is 1. The summed E-state index contributed by atoms with van der Waals surface area (Å²) < 4.78 is 40.6. The van der Waals surface area contributed by atoms with Gasteiger partial charge in [-0.2, -0.15) is 31.8 Å². The number of nitrogens with zero attached hydrogens (tertiary/aromatic N) is 4. The molecule has 1 aromatic carbocycles. The molecule has 0 aliphatic carbocycles. The zero-order valence-corrected chi connectivity index (χ0v) is 18.4. The Balaban J connectivity index is 0.00000289. The number of hydrogen-bond donors (Lipinski definition) is 1. The van der Waals surface area contributed by atoms with Crippen LogP contribution in [0.1, 0.15) is 40.1 Å². The molecule has 3 heterocycles. The summed E-state index contributed by atoms with van der Waals surface area (Å²) in [6, 6.07) is 6.34. The molecular weight excluding hydrogens is 463 g/mol. The first-order valence-corrected chi connectivity index (χ1v) is 9.52. The summed E-state index contributed by atoms with van der Waals surface area (Å²) in [4.78, 5) is 18.5. The van der Waals surface area contributed by atoms with Gasteiger partial charge in [0, 0.05) is 24.0 Å². The maximum Gasteiger partial charge on any atom is 0.417 e. The number of carbonyl (C=O) groups excluding carboxylic acids is 1. The van der Waals surface area contributed by atoms with Crippen molar-refractivity contribution in [1.82, 2.24) is 14.8 Å². The van der Waals surface area contributed by atoms with Crippen LogP contribution in [0.4, 0.5) is 24.7 Å². The summed E-state index contributed by atoms with van der Waals surface area (Å²) in [7, 11) is 0. The van der Waals surface area contributed by atoms with E-state index in [4.69, 9.17) is 17.3 Å². The van der Waals surface area contributed by atoms with E-state index in [1.165, 1.54) is 23.4 Å². The van der Waals surface area contributed by atoms with E-state index in [-0.39, 0.29) is 37.5 Å². The molecule has 1 atom stereocenters. The lowest BCUT2D eigenvalue weighted by Gasteiger charge is -2.32. The molecule has 0 saturated carbocycles. The second-order valence-corrected chi connectivity index (χ2v) is 7.41. The Morgan fingerprint density at radius 1 is 1.19 bits per heavy atom. The fourth-order valence-corrected chi connectivity index (χ4v) is 3.58. The van der Waals surface area contributed by atoms with Gasteiger partial charge in [-0.25, -0.2) is 4.98 Å². The number of halogens is 4. The van der Waals surface area contributed by atoms with Crippen LogP contribution in [-0.2, 0) is 6.18 Å². The van der Waals surface area contributed by atoms with E-state index < -0.39 is 22.7 Å². The van der Waals surface area contributed by atoms with Crippen molar-refractivity contribution in [3.05, 3.63) is 70.1 Å². The van der Waals surface area contributed by atoms with Gasteiger partial charge in [-0.3, -0.25) is 9.48 Å². The zero-order chi connectivity index (χ0) is 22.3. The number of pyridine rings is 1. The summed E-state index contributed by atoms with van der Waals surface area (Å²) >= 11 is 5.84. The Morgan fingerprint density at radius 3 is 2.56 bits per heavy atom. The number of nitrogen functional groups attached to an aromatic ring is 1. The minimum absolute atomic E-state index is 0. The van der Waals surface area contributed by atoms with Crippen LogP contribution >= 0.6 is 25.1 Å². The van der Waals surface area contributed by atoms with Crippen LogP contribution in [0.5, 0.6) is 0 Å². The van der Waals surface area contributed by atoms with Crippen molar-refractivity contribution in [3.8, 4) is 11.8 Å². The third-order valence-corrected chi connectivity index (χ3v) is 5.12. The lowest BCUT2D eigenvalue weighted by atomic mass is 10.1. The van der Waals surface area contributed by atoms with Crippen LogP contribution in [0.2, 0.25) is 5.02 Å². The Morgan fingerprint density at radius 2 is 1.94 bits per heavy atom. The number of fused-ring (bicyclic) bond motifs is 1. The number of hydrogen-bond acceptors (Lipinski definition) is 4. The Bertz CT molecular complexity index is 1230. The standard InChI is InChI=1S/C21H15ClF3N5O.H2S/c1-12-11-29(15-5-6-16(17(22)8-15)21(23,24)25)20(31)19-14(10-28-30(12)19)4-2-13-3-7-18(26)27-9-13;/h3,5-10,12H,11H2,1H3,(H2,26,27);1H2/t12-;/m0./s1. The van der Waals surface area contributed by atoms with Crippen molar-refractivity contribution in [2.75, 3.05) is 17.2 Å². The van der Waals surface area contributed by atoms with E-state index in [0.29, 0.717) is 16.9 Å². The van der Waals surface area contributed by atoms with Crippen LogP contribution in [0.15, 0.2) is 42.7 Å². The predicted octanol–water partition coefficient (Wildman–Crippen LogP) is 4.27. The number of alkyl halides is 3. The van der Waals surface area contributed by atoms with Crippen LogP contribution in [0.3, 0.4) is 0 Å². The van der Waals surface area contributed by atoms with Crippen molar-refractivity contribution in [2.45, 2.75) is 19.1 Å². The number of anilines is 2. The average Bonchev–Trinajstić information content (AvgIpc) is 3.14. The van der Waals surface area contributed by atoms with E-state index >= 15 is 0 Å². The van der Waals surface area contributed by atoms with Gasteiger partial charge in [0.2, 0.25) is 0 Å². The van der Waals surface area contributed by atoms with Gasteiger partial charge in [-0.05, 0) is 37.3 Å². The molecule has 0 bridgehead atoms. The average molecular weight is 480 g/mol. The third-order valence-electron chi connectivity index (χ3n) is 4.81. The summed E-state index contributed by atoms with van der Waals surface area (Å²) in [5, 5.41) is 3.79. The first-order chi connectivity index (χ1) is 14.6. The Kier molecular flexibility index (Phi) is 6.44. The number of rotatable bonds is 1. The first kappa shape index (κ1) is 23.5. The van der Waals surface area contributed by atoms with Gasteiger partial charge in [-0.1, -0.05) is 23.4 Å². The van der Waals surface area contributed by atoms with Crippen molar-refractivity contribution in [2.24, 2.45) is 0 Å². The zero-order valence-electron chi connectivity index (χ0n) is 16.6. The van der Waals surface area contributed by atoms with Crippen LogP contribution in [-0.4, -0.2) is 27.2 Å². The molecule has 0 fully saturated rings. The topological polar surface area (TPSA) is 77.0 Å². The van der Waals surface area contributed by atoms with Crippen molar-refractivity contribution in [3.63, 3.8) is 0 Å². The molecule has 2 aromatic heterocycles. The van der Waals surface area contributed by atoms with E-state index in [9.17, 15) is 18.0 Å². The van der Waals surface area contributed by atoms with Gasteiger partial charge in [-0.15, -0.1) is 0 Å². The quantitative estimate of drug-likeness (QED) is 0.529. The second-order valence-electron chi connectivity index (χ2n) is 7.00. The largest absolute Gasteiger partial charge is 0.417 e. The van der Waals surface area contributed by atoms with E-state index in [1.54, 1.807) is 16.8 Å². The minimum Gasteiger partial charge on any atom is -0.384 e. The van der Waals surface area contributed by atoms with Gasteiger partial charge in [0.05, 0.1) is 28.4 Å². The lowest BCUT2D eigenvalue weighted by molar-refractivity contribution is -0.137. The molecule has 1 aliphatic rings. The first-order valence-electron chi connectivity index (χ1n) is 9.15. The van der Waals surface area contributed by atoms with Gasteiger partial charge in [0.1, 0.15) is 11.5 Å². The molecule has 1 amide bonds. The summed E-state index contributed by atoms with van der Waals surface area (Å²) in [6.45, 7) is 2.08. The summed E-state index contributed by atoms with van der Waals surface area (Å²) in [6.07, 6.45) is -1.57. The molecule has 0 spiro atoms. The predicted molar refractivity (Wildman–Crippen MR) is 120 cm³/mol. The number of aromatic nitrogens is 3. The lowest BCUT2D eigenvalue weighted by Crippen LogP contribution is -2.43. The van der Waals surface area contributed by atoms with Crippen molar-refractivity contribution in [1.29, 1.82) is 0 Å². The molecule has 166 valence electrons. The van der Waals surface area contributed by atoms with Gasteiger partial charge >= 0.3 is 6.18 Å². The number of amides is 1. The fraction of sp³-hybridized carbons (Fsp3) is 0.190. The SMILES string of the molecule is C[C@H]1CN(c2ccc(C(F)(F)F)c(Cl)c2)C(=O)c2c(C#Cc3ccc(N)nc3)cnn21.S. The van der Waals surface area contributed by atoms with Gasteiger partial charge in [0.25, 0.3) is 5.91 Å². The fourth-order valence-electron chi connectivity index (χ4n) is 3.30. The van der Waals surface area contributed by atoms with Crippen LogP contribution < -0.4 is 10.6 Å². The van der Waals surface area contributed by atoms with Crippen molar-refractivity contribution < 1.29 is 18.0 Å². The molecule has 1 aliphatic heterocycles. The second kappa shape index (κ2) is 8.76. The highest BCUT2D eigenvalue weighted by Crippen LogP contribution is 2.37. The highest BCUT2D eigenvalue weighted by molar-refractivity contribution is 7.59. The highest BCUT2D eigenvalue weighted by Gasteiger charge is 2.36. The van der Waals surface area contributed by atoms with Gasteiger partial charge < -0.3 is 10.6 Å². The monoisotopic (exact) mass is 479 g/mol. The normalized spacial score (nSPS) is 15.5. The smallest absolute Gasteiger partial charge is 0.384 e. The summed E-state index contributed by atoms with van der Waals surface area (Å²) in [5.74, 6) is 5.76. The number of carbonyl (C=O) groups is 1. The highest BCUT2D eigenvalue weighted by atomic mass is 35.5. The maximum absolute atomic E-state index is 13.2. The Hall–Kier alpha value is -3.16. The van der Waals surface area contributed by atoms with Crippen molar-refractivity contribution >= 4 is 42.5 Å². The Labute approximate surface area is 193 Å². The minimum atomic E-state index is -4.58. The molecule has 32 heavy (non-hydrogen) atoms. The molecular formula is C21H17ClF3N5OS. The van der Waals surface area contributed by atoms with E-state index in [1.807, 2.05) is 6.92 Å². The van der Waals surface area contributed by atoms with Crippen LogP contribution in [0, 0.1) is 11.8 Å². The summed E-state index contributed by atoms with van der Waals surface area (Å²) in [5.41, 5.74) is 6.14. The van der Waals surface area contributed by atoms with Crippen LogP contribution in [0.25, 0.3) is 0 Å². The third kappa shape index (κ3) is 4.40. The molecule has 6 nitrogen and oxygen atoms in total. The molecule has 0 unspecified atom stereocenters. The number of benzene rings is 1. The van der Waals surface area contributed by atoms with E-state index in [0.717, 1.165) is 12.1 Å². The van der Waals surface area contributed by atoms with E-state index in [2.05, 4.69) is 21.9 Å².